The molecule has 0 atom stereocenters. The average Bonchev–Trinajstić information content (AvgIpc) is 3.54. The first kappa shape index (κ1) is 25.6. The highest BCUT2D eigenvalue weighted by atomic mass is 16.5. The summed E-state index contributed by atoms with van der Waals surface area (Å²) in [5.74, 6) is 0.976. The predicted molar refractivity (Wildman–Crippen MR) is 139 cm³/mol. The lowest BCUT2D eigenvalue weighted by Crippen LogP contribution is -2.48. The summed E-state index contributed by atoms with van der Waals surface area (Å²) in [6.45, 7) is 8.83. The van der Waals surface area contributed by atoms with Crippen LogP contribution in [0.4, 0.5) is 5.69 Å². The van der Waals surface area contributed by atoms with E-state index < -0.39 is 0 Å². The van der Waals surface area contributed by atoms with Crippen LogP contribution in [-0.2, 0) is 22.6 Å². The van der Waals surface area contributed by atoms with Gasteiger partial charge in [-0.1, -0.05) is 25.1 Å². The Morgan fingerprint density at radius 3 is 2.53 bits per heavy atom. The fourth-order valence-electron chi connectivity index (χ4n) is 4.69. The molecule has 3 heterocycles. The summed E-state index contributed by atoms with van der Waals surface area (Å²) in [6, 6.07) is 15.9. The van der Waals surface area contributed by atoms with Gasteiger partial charge in [-0.15, -0.1) is 0 Å². The molecule has 0 radical (unpaired) electrons. The number of ether oxygens (including phenoxy) is 1. The molecule has 192 valence electrons. The molecule has 0 N–H and O–H groups in total. The van der Waals surface area contributed by atoms with Crippen molar-refractivity contribution in [3.8, 4) is 0 Å². The van der Waals surface area contributed by atoms with Gasteiger partial charge >= 0.3 is 0 Å². The van der Waals surface area contributed by atoms with Gasteiger partial charge in [0, 0.05) is 57.4 Å². The topological polar surface area (TPSA) is 71.2 Å². The SMILES string of the molecule is CCCN(Cc1cccn1Cc1ccc(C(=O)N2CCN(c3ccccc3C)CC2)o1)C(=O)COC. The van der Waals surface area contributed by atoms with E-state index in [1.165, 1.54) is 18.4 Å². The van der Waals surface area contributed by atoms with Gasteiger partial charge in [0.05, 0.1) is 13.1 Å². The second-order valence-corrected chi connectivity index (χ2v) is 9.21. The molecule has 3 aromatic rings. The molecule has 8 heteroatoms. The number of hydrogen-bond donors (Lipinski definition) is 0. The number of carbonyl (C=O) groups is 2. The maximum absolute atomic E-state index is 13.1. The fraction of sp³-hybridized carbons (Fsp3) is 0.429. The van der Waals surface area contributed by atoms with Crippen LogP contribution in [0.25, 0.3) is 0 Å². The molecular formula is C28H36N4O4. The minimum Gasteiger partial charge on any atom is -0.454 e. The molecule has 1 aliphatic rings. The Balaban J connectivity index is 1.36. The second kappa shape index (κ2) is 11.9. The number of carbonyl (C=O) groups excluding carboxylic acids is 2. The molecule has 2 aromatic heterocycles. The third-order valence-corrected chi connectivity index (χ3v) is 6.61. The van der Waals surface area contributed by atoms with E-state index in [-0.39, 0.29) is 18.4 Å². The van der Waals surface area contributed by atoms with E-state index in [4.69, 9.17) is 9.15 Å². The molecule has 0 saturated carbocycles. The minimum absolute atomic E-state index is 0.0273. The summed E-state index contributed by atoms with van der Waals surface area (Å²) < 4.78 is 13.1. The largest absolute Gasteiger partial charge is 0.454 e. The van der Waals surface area contributed by atoms with Crippen molar-refractivity contribution < 1.29 is 18.7 Å². The normalized spacial score (nSPS) is 13.8. The highest BCUT2D eigenvalue weighted by molar-refractivity contribution is 5.91. The zero-order valence-electron chi connectivity index (χ0n) is 21.5. The maximum atomic E-state index is 13.1. The minimum atomic E-state index is -0.0716. The lowest BCUT2D eigenvalue weighted by atomic mass is 10.1. The van der Waals surface area contributed by atoms with Crippen LogP contribution in [-0.4, -0.2) is 72.6 Å². The molecule has 1 saturated heterocycles. The number of nitrogens with zero attached hydrogens (tertiary/aromatic N) is 4. The molecular weight excluding hydrogens is 456 g/mol. The molecule has 1 aliphatic heterocycles. The Morgan fingerprint density at radius 2 is 1.81 bits per heavy atom. The van der Waals surface area contributed by atoms with Gasteiger partial charge in [0.2, 0.25) is 5.91 Å². The Morgan fingerprint density at radius 1 is 1.03 bits per heavy atom. The molecule has 0 bridgehead atoms. The van der Waals surface area contributed by atoms with Gasteiger partial charge < -0.3 is 28.4 Å². The Kier molecular flexibility index (Phi) is 8.48. The van der Waals surface area contributed by atoms with Crippen molar-refractivity contribution >= 4 is 17.5 Å². The number of methoxy groups -OCH3 is 1. The molecule has 4 rings (SSSR count). The molecule has 8 nitrogen and oxygen atoms in total. The lowest BCUT2D eigenvalue weighted by molar-refractivity contribution is -0.135. The number of piperazine rings is 1. The first-order valence-electron chi connectivity index (χ1n) is 12.6. The number of benzene rings is 1. The van der Waals surface area contributed by atoms with Gasteiger partial charge in [0.25, 0.3) is 5.91 Å². The van der Waals surface area contributed by atoms with Crippen LogP contribution in [0.1, 0.15) is 40.9 Å². The molecule has 0 spiro atoms. The number of amides is 2. The van der Waals surface area contributed by atoms with Crippen LogP contribution in [0, 0.1) is 6.92 Å². The first-order chi connectivity index (χ1) is 17.5. The van der Waals surface area contributed by atoms with E-state index >= 15 is 0 Å². The highest BCUT2D eigenvalue weighted by Crippen LogP contribution is 2.22. The zero-order chi connectivity index (χ0) is 25.5. The van der Waals surface area contributed by atoms with Crippen molar-refractivity contribution in [3.63, 3.8) is 0 Å². The summed E-state index contributed by atoms with van der Waals surface area (Å²) in [5.41, 5.74) is 3.48. The Bertz CT molecular complexity index is 1160. The van der Waals surface area contributed by atoms with Crippen LogP contribution in [0.3, 0.4) is 0 Å². The van der Waals surface area contributed by atoms with E-state index in [2.05, 4.69) is 41.5 Å². The standard InChI is InChI=1S/C28H36N4O4/c1-4-13-32(27(33)21-35-3)19-23-9-7-14-31(23)20-24-11-12-26(36-24)28(34)30-17-15-29(16-18-30)25-10-6-5-8-22(25)2/h5-12,14H,4,13,15-21H2,1-3H3. The zero-order valence-corrected chi connectivity index (χ0v) is 21.5. The molecule has 0 aliphatic carbocycles. The summed E-state index contributed by atoms with van der Waals surface area (Å²) in [5, 5.41) is 0. The monoisotopic (exact) mass is 492 g/mol. The van der Waals surface area contributed by atoms with Crippen LogP contribution in [0.5, 0.6) is 0 Å². The third-order valence-electron chi connectivity index (χ3n) is 6.61. The number of hydrogen-bond acceptors (Lipinski definition) is 5. The average molecular weight is 493 g/mol. The molecule has 1 aromatic carbocycles. The van der Waals surface area contributed by atoms with Gasteiger partial charge in [0.15, 0.2) is 5.76 Å². The summed E-state index contributed by atoms with van der Waals surface area (Å²) >= 11 is 0. The van der Waals surface area contributed by atoms with Gasteiger partial charge in [-0.25, -0.2) is 0 Å². The molecule has 1 fully saturated rings. The van der Waals surface area contributed by atoms with Crippen molar-refractivity contribution in [2.24, 2.45) is 0 Å². The number of aromatic nitrogens is 1. The quantitative estimate of drug-likeness (QED) is 0.431. The smallest absolute Gasteiger partial charge is 0.289 e. The van der Waals surface area contributed by atoms with E-state index in [9.17, 15) is 9.59 Å². The molecule has 36 heavy (non-hydrogen) atoms. The van der Waals surface area contributed by atoms with Crippen molar-refractivity contribution in [1.29, 1.82) is 0 Å². The highest BCUT2D eigenvalue weighted by Gasteiger charge is 2.25. The maximum Gasteiger partial charge on any atom is 0.289 e. The van der Waals surface area contributed by atoms with E-state index in [0.717, 1.165) is 25.2 Å². The van der Waals surface area contributed by atoms with Crippen molar-refractivity contribution in [2.75, 3.05) is 51.3 Å². The van der Waals surface area contributed by atoms with E-state index in [1.54, 1.807) is 6.07 Å². The van der Waals surface area contributed by atoms with Crippen molar-refractivity contribution in [2.45, 2.75) is 33.4 Å². The first-order valence-corrected chi connectivity index (χ1v) is 12.6. The molecule has 0 unspecified atom stereocenters. The number of aryl methyl sites for hydroxylation is 1. The van der Waals surface area contributed by atoms with Crippen molar-refractivity contribution in [1.82, 2.24) is 14.4 Å². The Labute approximate surface area is 213 Å². The summed E-state index contributed by atoms with van der Waals surface area (Å²) in [7, 11) is 1.53. The van der Waals surface area contributed by atoms with Crippen LogP contribution in [0.15, 0.2) is 59.1 Å². The predicted octanol–water partition coefficient (Wildman–Crippen LogP) is 3.79. The molecule has 2 amide bonds. The second-order valence-electron chi connectivity index (χ2n) is 9.21. The fourth-order valence-corrected chi connectivity index (χ4v) is 4.69. The summed E-state index contributed by atoms with van der Waals surface area (Å²) in [4.78, 5) is 31.5. The van der Waals surface area contributed by atoms with E-state index in [0.29, 0.717) is 44.2 Å². The number of para-hydroxylation sites is 1. The lowest BCUT2D eigenvalue weighted by Gasteiger charge is -2.36. The van der Waals surface area contributed by atoms with Crippen LogP contribution in [0.2, 0.25) is 0 Å². The Hall–Kier alpha value is -3.52. The van der Waals surface area contributed by atoms with E-state index in [1.807, 2.05) is 40.3 Å². The van der Waals surface area contributed by atoms with Gasteiger partial charge in [-0.05, 0) is 49.2 Å². The van der Waals surface area contributed by atoms with Gasteiger partial charge in [0.1, 0.15) is 12.4 Å². The van der Waals surface area contributed by atoms with Crippen molar-refractivity contribution in [3.05, 3.63) is 77.5 Å². The number of anilines is 1. The van der Waals surface area contributed by atoms with Gasteiger partial charge in [-0.3, -0.25) is 9.59 Å². The third kappa shape index (κ3) is 5.99. The number of furan rings is 1. The van der Waals surface area contributed by atoms with Crippen LogP contribution < -0.4 is 4.90 Å². The number of rotatable bonds is 10. The van der Waals surface area contributed by atoms with Crippen LogP contribution >= 0.6 is 0 Å². The summed E-state index contributed by atoms with van der Waals surface area (Å²) in [6.07, 6.45) is 2.84. The van der Waals surface area contributed by atoms with Gasteiger partial charge in [-0.2, -0.15) is 0 Å².